The van der Waals surface area contributed by atoms with Gasteiger partial charge in [0, 0.05) is 44.6 Å². The lowest BCUT2D eigenvalue weighted by Gasteiger charge is -2.39. The molecule has 0 N–H and O–H groups in total. The first-order chi connectivity index (χ1) is 19.0. The van der Waals surface area contributed by atoms with E-state index in [1.165, 1.54) is 5.56 Å². The minimum Gasteiger partial charge on any atom is -0.497 e. The second-order valence-corrected chi connectivity index (χ2v) is 11.9. The van der Waals surface area contributed by atoms with Crippen LogP contribution in [0, 0.1) is 17.3 Å². The molecule has 1 spiro atoms. The number of hydrogen-bond acceptors (Lipinski definition) is 4. The molecule has 6 heteroatoms. The molecular formula is C33H45N3O3. The highest BCUT2D eigenvalue weighted by molar-refractivity contribution is 5.85. The molecule has 0 aliphatic carbocycles. The zero-order chi connectivity index (χ0) is 27.4. The summed E-state index contributed by atoms with van der Waals surface area (Å²) < 4.78 is 5.27. The van der Waals surface area contributed by atoms with Crippen LogP contribution in [0.4, 0.5) is 0 Å². The molecule has 2 unspecified atom stereocenters. The van der Waals surface area contributed by atoms with Gasteiger partial charge in [0.2, 0.25) is 11.8 Å². The molecule has 0 radical (unpaired) electrons. The van der Waals surface area contributed by atoms with Crippen molar-refractivity contribution in [3.63, 3.8) is 0 Å². The van der Waals surface area contributed by atoms with Crippen LogP contribution < -0.4 is 4.74 Å². The summed E-state index contributed by atoms with van der Waals surface area (Å²) in [4.78, 5) is 33.6. The van der Waals surface area contributed by atoms with E-state index in [1.54, 1.807) is 7.11 Å². The number of carbonyl (C=O) groups excluding carboxylic acids is 2. The minimum absolute atomic E-state index is 0.129. The number of hydrogen-bond donors (Lipinski definition) is 0. The quantitative estimate of drug-likeness (QED) is 0.447. The lowest BCUT2D eigenvalue weighted by atomic mass is 9.76. The van der Waals surface area contributed by atoms with Crippen LogP contribution >= 0.6 is 0 Å². The van der Waals surface area contributed by atoms with Gasteiger partial charge in [0.1, 0.15) is 5.75 Å². The van der Waals surface area contributed by atoms with Gasteiger partial charge in [-0.25, -0.2) is 0 Å². The number of amides is 2. The van der Waals surface area contributed by atoms with E-state index in [1.807, 2.05) is 12.1 Å². The first-order valence-electron chi connectivity index (χ1n) is 14.9. The second-order valence-electron chi connectivity index (χ2n) is 11.9. The molecule has 39 heavy (non-hydrogen) atoms. The van der Waals surface area contributed by atoms with Crippen LogP contribution in [0.1, 0.15) is 63.0 Å². The first-order valence-corrected chi connectivity index (χ1v) is 14.9. The average Bonchev–Trinajstić information content (AvgIpc) is 3.53. The van der Waals surface area contributed by atoms with Crippen molar-refractivity contribution >= 4 is 11.8 Å². The fraction of sp³-hybridized carbons (Fsp3) is 0.576. The van der Waals surface area contributed by atoms with Crippen molar-refractivity contribution in [3.8, 4) is 5.75 Å². The van der Waals surface area contributed by atoms with Crippen molar-refractivity contribution in [2.75, 3.05) is 46.4 Å². The molecule has 0 aromatic heterocycles. The molecule has 0 bridgehead atoms. The summed E-state index contributed by atoms with van der Waals surface area (Å²) in [7, 11) is 1.67. The molecule has 210 valence electrons. The van der Waals surface area contributed by atoms with Crippen LogP contribution in [0.25, 0.3) is 0 Å². The third-order valence-electron chi connectivity index (χ3n) is 9.75. The molecule has 3 fully saturated rings. The van der Waals surface area contributed by atoms with Crippen LogP contribution in [0.5, 0.6) is 5.75 Å². The van der Waals surface area contributed by atoms with E-state index in [-0.39, 0.29) is 11.3 Å². The summed E-state index contributed by atoms with van der Waals surface area (Å²) in [5.41, 5.74) is 2.30. The lowest BCUT2D eigenvalue weighted by Crippen LogP contribution is -2.46. The molecule has 3 aliphatic rings. The minimum atomic E-state index is -0.199. The number of ether oxygens (including phenoxy) is 1. The molecule has 2 amide bonds. The average molecular weight is 532 g/mol. The molecule has 3 saturated heterocycles. The number of piperidine rings is 1. The molecule has 2 atom stereocenters. The molecule has 3 heterocycles. The van der Waals surface area contributed by atoms with Crippen LogP contribution in [0.2, 0.25) is 0 Å². The van der Waals surface area contributed by atoms with Crippen molar-refractivity contribution in [3.05, 3.63) is 65.7 Å². The topological polar surface area (TPSA) is 53.1 Å². The van der Waals surface area contributed by atoms with Crippen molar-refractivity contribution in [2.45, 2.75) is 58.4 Å². The van der Waals surface area contributed by atoms with Gasteiger partial charge in [0.25, 0.3) is 0 Å². The highest BCUT2D eigenvalue weighted by Gasteiger charge is 2.48. The molecule has 0 saturated carbocycles. The Kier molecular flexibility index (Phi) is 8.61. The van der Waals surface area contributed by atoms with E-state index in [2.05, 4.69) is 71.0 Å². The maximum Gasteiger partial charge on any atom is 0.229 e. The number of carbonyl (C=O) groups is 2. The van der Waals surface area contributed by atoms with Crippen molar-refractivity contribution in [1.82, 2.24) is 14.7 Å². The standard InChI is InChI=1S/C33H45N3O3/c1-4-26(5-2)31(37)36-23-28(30(24-36)27-9-7-6-8-10-27)22-34-18-15-33(16-19-34)17-20-35(32(33)38)21-25-11-13-29(39-3)14-12-25/h6-14,26,28,30H,4-5,15-24H2,1-3H3. The predicted octanol–water partition coefficient (Wildman–Crippen LogP) is 5.19. The van der Waals surface area contributed by atoms with Crippen LogP contribution in [0.3, 0.4) is 0 Å². The maximum absolute atomic E-state index is 13.6. The smallest absolute Gasteiger partial charge is 0.229 e. The van der Waals surface area contributed by atoms with Gasteiger partial charge in [0.05, 0.1) is 12.5 Å². The fourth-order valence-electron chi connectivity index (χ4n) is 7.16. The second kappa shape index (κ2) is 12.1. The van der Waals surface area contributed by atoms with Crippen molar-refractivity contribution < 1.29 is 14.3 Å². The fourth-order valence-corrected chi connectivity index (χ4v) is 7.16. The van der Waals surface area contributed by atoms with E-state index in [4.69, 9.17) is 4.74 Å². The monoisotopic (exact) mass is 531 g/mol. The van der Waals surface area contributed by atoms with E-state index in [0.717, 1.165) is 82.7 Å². The van der Waals surface area contributed by atoms with Gasteiger partial charge in [-0.1, -0.05) is 56.3 Å². The van der Waals surface area contributed by atoms with Crippen molar-refractivity contribution in [2.24, 2.45) is 17.3 Å². The summed E-state index contributed by atoms with van der Waals surface area (Å²) in [6.07, 6.45) is 4.65. The molecular weight excluding hydrogens is 486 g/mol. The Morgan fingerprint density at radius 2 is 1.62 bits per heavy atom. The Morgan fingerprint density at radius 3 is 2.26 bits per heavy atom. The number of likely N-dealkylation sites (tertiary alicyclic amines) is 3. The number of nitrogens with zero attached hydrogens (tertiary/aromatic N) is 3. The predicted molar refractivity (Wildman–Crippen MR) is 154 cm³/mol. The van der Waals surface area contributed by atoms with Crippen LogP contribution in [-0.2, 0) is 16.1 Å². The zero-order valence-corrected chi connectivity index (χ0v) is 24.0. The Labute approximate surface area is 234 Å². The Balaban J connectivity index is 1.20. The third kappa shape index (κ3) is 5.86. The molecule has 3 aliphatic heterocycles. The highest BCUT2D eigenvalue weighted by atomic mass is 16.5. The van der Waals surface area contributed by atoms with E-state index in [0.29, 0.717) is 30.2 Å². The molecule has 6 nitrogen and oxygen atoms in total. The largest absolute Gasteiger partial charge is 0.497 e. The van der Waals surface area contributed by atoms with Gasteiger partial charge >= 0.3 is 0 Å². The maximum atomic E-state index is 13.6. The van der Waals surface area contributed by atoms with Gasteiger partial charge < -0.3 is 19.4 Å². The Bertz CT molecular complexity index is 1110. The zero-order valence-electron chi connectivity index (χ0n) is 24.0. The van der Waals surface area contributed by atoms with Crippen molar-refractivity contribution in [1.29, 1.82) is 0 Å². The van der Waals surface area contributed by atoms with E-state index >= 15 is 0 Å². The Hall–Kier alpha value is -2.86. The number of methoxy groups -OCH3 is 1. The van der Waals surface area contributed by atoms with E-state index < -0.39 is 0 Å². The summed E-state index contributed by atoms with van der Waals surface area (Å²) >= 11 is 0. The molecule has 5 rings (SSSR count). The summed E-state index contributed by atoms with van der Waals surface area (Å²) in [6.45, 7) is 10.3. The summed E-state index contributed by atoms with van der Waals surface area (Å²) in [6, 6.07) is 18.8. The van der Waals surface area contributed by atoms with Gasteiger partial charge in [-0.15, -0.1) is 0 Å². The van der Waals surface area contributed by atoms with Gasteiger partial charge in [-0.2, -0.15) is 0 Å². The van der Waals surface area contributed by atoms with Crippen LogP contribution in [0.15, 0.2) is 54.6 Å². The SMILES string of the molecule is CCC(CC)C(=O)N1CC(CN2CCC3(CC2)CCN(Cc2ccc(OC)cc2)C3=O)C(c2ccccc2)C1. The summed E-state index contributed by atoms with van der Waals surface area (Å²) in [5.74, 6) is 2.43. The third-order valence-corrected chi connectivity index (χ3v) is 9.75. The highest BCUT2D eigenvalue weighted by Crippen LogP contribution is 2.43. The van der Waals surface area contributed by atoms with Gasteiger partial charge in [-0.05, 0) is 74.4 Å². The van der Waals surface area contributed by atoms with Gasteiger partial charge in [-0.3, -0.25) is 9.59 Å². The van der Waals surface area contributed by atoms with Crippen LogP contribution in [-0.4, -0.2) is 72.9 Å². The first kappa shape index (κ1) is 27.7. The molecule has 2 aromatic rings. The Morgan fingerprint density at radius 1 is 0.949 bits per heavy atom. The van der Waals surface area contributed by atoms with Gasteiger partial charge in [0.15, 0.2) is 0 Å². The lowest BCUT2D eigenvalue weighted by molar-refractivity contribution is -0.139. The normalized spacial score (nSPS) is 23.2. The number of rotatable bonds is 9. The molecule has 2 aromatic carbocycles. The number of benzene rings is 2. The summed E-state index contributed by atoms with van der Waals surface area (Å²) in [5, 5.41) is 0. The van der Waals surface area contributed by atoms with E-state index in [9.17, 15) is 9.59 Å².